The Morgan fingerprint density at radius 2 is 1.90 bits per heavy atom. The minimum atomic E-state index is 0.636. The molecule has 1 heterocycles. The maximum Gasteiger partial charge on any atom is 0.137 e. The first-order valence-electron chi connectivity index (χ1n) is 6.90. The maximum atomic E-state index is 5.64. The maximum absolute atomic E-state index is 5.64. The van der Waals surface area contributed by atoms with Crippen molar-refractivity contribution < 1.29 is 9.47 Å². The molecule has 1 aromatic carbocycles. The summed E-state index contributed by atoms with van der Waals surface area (Å²) in [7, 11) is 3.29. The van der Waals surface area contributed by atoms with E-state index in [1.54, 1.807) is 20.4 Å². The minimum Gasteiger partial charge on any atom is -0.497 e. The van der Waals surface area contributed by atoms with Crippen LogP contribution in [-0.2, 0) is 0 Å². The fourth-order valence-electron chi connectivity index (χ4n) is 2.06. The first-order chi connectivity index (χ1) is 10.3. The van der Waals surface area contributed by atoms with E-state index in [4.69, 9.17) is 15.2 Å². The van der Waals surface area contributed by atoms with Crippen molar-refractivity contribution in [3.63, 3.8) is 0 Å². The van der Waals surface area contributed by atoms with Crippen LogP contribution in [-0.4, -0.2) is 32.3 Å². The Labute approximate surface area is 125 Å². The van der Waals surface area contributed by atoms with Crippen LogP contribution in [0.15, 0.2) is 42.6 Å². The molecule has 1 aromatic heterocycles. The van der Waals surface area contributed by atoms with Crippen LogP contribution in [0.3, 0.4) is 0 Å². The van der Waals surface area contributed by atoms with Crippen LogP contribution in [0.2, 0.25) is 0 Å². The molecule has 0 aliphatic carbocycles. The summed E-state index contributed by atoms with van der Waals surface area (Å²) in [5.74, 6) is 2.42. The van der Waals surface area contributed by atoms with Crippen LogP contribution in [0.25, 0.3) is 0 Å². The van der Waals surface area contributed by atoms with Crippen LogP contribution in [0.4, 0.5) is 11.5 Å². The summed E-state index contributed by atoms with van der Waals surface area (Å²) in [5.41, 5.74) is 6.67. The Kier molecular flexibility index (Phi) is 5.40. The molecule has 5 heteroatoms. The van der Waals surface area contributed by atoms with E-state index in [0.717, 1.165) is 36.0 Å². The number of ether oxygens (including phenoxy) is 2. The van der Waals surface area contributed by atoms with Crippen LogP contribution in [0.5, 0.6) is 11.5 Å². The van der Waals surface area contributed by atoms with E-state index in [1.165, 1.54) is 0 Å². The molecule has 0 saturated carbocycles. The van der Waals surface area contributed by atoms with Crippen LogP contribution in [0.1, 0.15) is 6.42 Å². The largest absolute Gasteiger partial charge is 0.497 e. The second kappa shape index (κ2) is 7.50. The van der Waals surface area contributed by atoms with Gasteiger partial charge in [-0.15, -0.1) is 0 Å². The molecule has 21 heavy (non-hydrogen) atoms. The molecule has 0 amide bonds. The van der Waals surface area contributed by atoms with Gasteiger partial charge in [0.25, 0.3) is 0 Å². The van der Waals surface area contributed by atoms with Gasteiger partial charge in [0.1, 0.15) is 17.3 Å². The molecular formula is C16H21N3O2. The summed E-state index contributed by atoms with van der Waals surface area (Å²) < 4.78 is 10.4. The Hall–Kier alpha value is -2.27. The number of methoxy groups -OCH3 is 2. The molecule has 2 N–H and O–H groups in total. The van der Waals surface area contributed by atoms with Crippen molar-refractivity contribution in [1.82, 2.24) is 4.98 Å². The van der Waals surface area contributed by atoms with Gasteiger partial charge in [0, 0.05) is 18.3 Å². The number of pyridine rings is 1. The summed E-state index contributed by atoms with van der Waals surface area (Å²) in [6.45, 7) is 1.43. The Morgan fingerprint density at radius 1 is 1.10 bits per heavy atom. The van der Waals surface area contributed by atoms with E-state index >= 15 is 0 Å². The highest BCUT2D eigenvalue weighted by atomic mass is 16.5. The zero-order valence-corrected chi connectivity index (χ0v) is 12.5. The number of rotatable bonds is 7. The Balaban J connectivity index is 2.31. The van der Waals surface area contributed by atoms with Gasteiger partial charge in [-0.1, -0.05) is 6.07 Å². The van der Waals surface area contributed by atoms with E-state index in [2.05, 4.69) is 9.88 Å². The third kappa shape index (κ3) is 3.86. The monoisotopic (exact) mass is 287 g/mol. The normalized spacial score (nSPS) is 10.2. The van der Waals surface area contributed by atoms with Gasteiger partial charge in [-0.05, 0) is 37.2 Å². The molecule has 0 bridgehead atoms. The lowest BCUT2D eigenvalue weighted by Gasteiger charge is -2.24. The first-order valence-corrected chi connectivity index (χ1v) is 6.90. The average molecular weight is 287 g/mol. The number of nitrogens with zero attached hydrogens (tertiary/aromatic N) is 2. The summed E-state index contributed by atoms with van der Waals surface area (Å²) in [4.78, 5) is 6.57. The number of nitrogens with two attached hydrogens (primary N) is 1. The lowest BCUT2D eigenvalue weighted by Crippen LogP contribution is -2.21. The molecule has 5 nitrogen and oxygen atoms in total. The second-order valence-electron chi connectivity index (χ2n) is 4.55. The highest BCUT2D eigenvalue weighted by molar-refractivity contribution is 5.62. The lowest BCUT2D eigenvalue weighted by molar-refractivity contribution is 0.413. The first kappa shape index (κ1) is 15.1. The second-order valence-corrected chi connectivity index (χ2v) is 4.55. The fraction of sp³-hybridized carbons (Fsp3) is 0.312. The third-order valence-corrected chi connectivity index (χ3v) is 3.18. The quantitative estimate of drug-likeness (QED) is 0.848. The molecule has 112 valence electrons. The molecule has 2 aromatic rings. The van der Waals surface area contributed by atoms with E-state index < -0.39 is 0 Å². The molecule has 0 spiro atoms. The number of anilines is 2. The molecule has 0 atom stereocenters. The highest BCUT2D eigenvalue weighted by Crippen LogP contribution is 2.28. The SMILES string of the molecule is COc1ccc(N(CCCN)c2cccc(OC)c2)nc1. The number of hydrogen-bond acceptors (Lipinski definition) is 5. The van der Waals surface area contributed by atoms with Crippen molar-refractivity contribution in [2.45, 2.75) is 6.42 Å². The lowest BCUT2D eigenvalue weighted by atomic mass is 10.2. The molecule has 0 aliphatic heterocycles. The average Bonchev–Trinajstić information content (AvgIpc) is 2.56. The van der Waals surface area contributed by atoms with Gasteiger partial charge in [-0.25, -0.2) is 4.98 Å². The summed E-state index contributed by atoms with van der Waals surface area (Å²) in [5, 5.41) is 0. The van der Waals surface area contributed by atoms with Crippen molar-refractivity contribution in [2.24, 2.45) is 5.73 Å². The standard InChI is InChI=1S/C16H21N3O2/c1-20-14-6-3-5-13(11-14)19(10-4-9-17)16-8-7-15(21-2)12-18-16/h3,5-8,11-12H,4,9-10,17H2,1-2H3. The van der Waals surface area contributed by atoms with Gasteiger partial charge in [-0.2, -0.15) is 0 Å². The van der Waals surface area contributed by atoms with Gasteiger partial charge < -0.3 is 20.1 Å². The van der Waals surface area contributed by atoms with Gasteiger partial charge in [0.05, 0.1) is 20.4 Å². The van der Waals surface area contributed by atoms with Gasteiger partial charge >= 0.3 is 0 Å². The fourth-order valence-corrected chi connectivity index (χ4v) is 2.06. The number of aromatic nitrogens is 1. The highest BCUT2D eigenvalue weighted by Gasteiger charge is 2.11. The van der Waals surface area contributed by atoms with Crippen molar-refractivity contribution in [2.75, 3.05) is 32.2 Å². The Morgan fingerprint density at radius 3 is 2.52 bits per heavy atom. The predicted octanol–water partition coefficient (Wildman–Crippen LogP) is 2.59. The van der Waals surface area contributed by atoms with E-state index in [1.807, 2.05) is 36.4 Å². The van der Waals surface area contributed by atoms with Crippen molar-refractivity contribution in [3.8, 4) is 11.5 Å². The van der Waals surface area contributed by atoms with Crippen molar-refractivity contribution in [3.05, 3.63) is 42.6 Å². The zero-order valence-electron chi connectivity index (χ0n) is 12.5. The number of hydrogen-bond donors (Lipinski definition) is 1. The van der Waals surface area contributed by atoms with E-state index in [-0.39, 0.29) is 0 Å². The molecule has 0 saturated heterocycles. The van der Waals surface area contributed by atoms with Gasteiger partial charge in [-0.3, -0.25) is 0 Å². The van der Waals surface area contributed by atoms with Crippen LogP contribution < -0.4 is 20.1 Å². The zero-order chi connectivity index (χ0) is 15.1. The molecule has 2 rings (SSSR count). The summed E-state index contributed by atoms with van der Waals surface area (Å²) in [6.07, 6.45) is 2.59. The van der Waals surface area contributed by atoms with Crippen LogP contribution >= 0.6 is 0 Å². The third-order valence-electron chi connectivity index (χ3n) is 3.18. The molecule has 0 aliphatic rings. The molecule has 0 unspecified atom stereocenters. The minimum absolute atomic E-state index is 0.636. The molecule has 0 fully saturated rings. The predicted molar refractivity (Wildman–Crippen MR) is 84.5 cm³/mol. The summed E-state index contributed by atoms with van der Waals surface area (Å²) >= 11 is 0. The smallest absolute Gasteiger partial charge is 0.137 e. The molecular weight excluding hydrogens is 266 g/mol. The van der Waals surface area contributed by atoms with Crippen LogP contribution in [0, 0.1) is 0 Å². The van der Waals surface area contributed by atoms with Crippen molar-refractivity contribution >= 4 is 11.5 Å². The molecule has 0 radical (unpaired) electrons. The van der Waals surface area contributed by atoms with E-state index in [0.29, 0.717) is 6.54 Å². The van der Waals surface area contributed by atoms with Gasteiger partial charge in [0.2, 0.25) is 0 Å². The summed E-state index contributed by atoms with van der Waals surface area (Å²) in [6, 6.07) is 11.7. The van der Waals surface area contributed by atoms with Crippen molar-refractivity contribution in [1.29, 1.82) is 0 Å². The number of benzene rings is 1. The topological polar surface area (TPSA) is 60.6 Å². The Bertz CT molecular complexity index is 558. The van der Waals surface area contributed by atoms with E-state index in [9.17, 15) is 0 Å². The van der Waals surface area contributed by atoms with Gasteiger partial charge in [0.15, 0.2) is 0 Å².